The van der Waals surface area contributed by atoms with E-state index in [9.17, 15) is 19.5 Å². The van der Waals surface area contributed by atoms with Gasteiger partial charge in [0.1, 0.15) is 5.75 Å². The Kier molecular flexibility index (Phi) is 5.68. The van der Waals surface area contributed by atoms with Crippen LogP contribution in [0.2, 0.25) is 0 Å². The normalized spacial score (nSPS) is 21.0. The van der Waals surface area contributed by atoms with Crippen molar-refractivity contribution in [1.82, 2.24) is 15.1 Å². The number of rotatable bonds is 4. The van der Waals surface area contributed by atoms with Crippen molar-refractivity contribution in [3.63, 3.8) is 0 Å². The molecular formula is C20H27N3O4. The lowest BCUT2D eigenvalue weighted by atomic mass is 10.0. The number of amides is 3. The van der Waals surface area contributed by atoms with Crippen LogP contribution in [0.25, 0.3) is 0 Å². The molecule has 7 heteroatoms. The largest absolute Gasteiger partial charge is 0.507 e. The summed E-state index contributed by atoms with van der Waals surface area (Å²) in [6.07, 6.45) is 1.61. The van der Waals surface area contributed by atoms with Crippen molar-refractivity contribution in [2.75, 3.05) is 19.6 Å². The molecule has 1 aromatic rings. The van der Waals surface area contributed by atoms with E-state index in [1.807, 2.05) is 13.8 Å². The Morgan fingerprint density at radius 3 is 2.44 bits per heavy atom. The van der Waals surface area contributed by atoms with Gasteiger partial charge in [-0.05, 0) is 38.8 Å². The van der Waals surface area contributed by atoms with Crippen molar-refractivity contribution >= 4 is 17.7 Å². The molecular weight excluding hydrogens is 346 g/mol. The number of carbonyl (C=O) groups is 3. The first-order valence-corrected chi connectivity index (χ1v) is 9.54. The van der Waals surface area contributed by atoms with Gasteiger partial charge in [-0.15, -0.1) is 0 Å². The number of hydrogen-bond acceptors (Lipinski definition) is 4. The molecule has 1 aromatic carbocycles. The van der Waals surface area contributed by atoms with Gasteiger partial charge in [-0.3, -0.25) is 14.4 Å². The smallest absolute Gasteiger partial charge is 0.257 e. The number of likely N-dealkylation sites (tertiary alicyclic amines) is 2. The van der Waals surface area contributed by atoms with Crippen LogP contribution in [-0.2, 0) is 9.59 Å². The van der Waals surface area contributed by atoms with Crippen molar-refractivity contribution in [2.24, 2.45) is 5.92 Å². The topological polar surface area (TPSA) is 90.0 Å². The summed E-state index contributed by atoms with van der Waals surface area (Å²) in [5.41, 5.74) is 0.304. The Balaban J connectivity index is 1.50. The molecule has 2 fully saturated rings. The van der Waals surface area contributed by atoms with E-state index in [4.69, 9.17) is 0 Å². The lowest BCUT2D eigenvalue weighted by molar-refractivity contribution is -0.130. The highest BCUT2D eigenvalue weighted by Crippen LogP contribution is 2.23. The molecule has 2 aliphatic rings. The van der Waals surface area contributed by atoms with Crippen molar-refractivity contribution in [3.8, 4) is 5.75 Å². The zero-order chi connectivity index (χ0) is 19.6. The van der Waals surface area contributed by atoms with Crippen LogP contribution < -0.4 is 5.32 Å². The molecule has 27 heavy (non-hydrogen) atoms. The standard InChI is InChI=1S/C20H27N3O4/c1-13(2)23-12-14(11-18(23)25)19(26)21-15-7-9-22(10-8-15)20(27)16-5-3-4-6-17(16)24/h3-6,13-15,24H,7-12H2,1-2H3,(H,21,26). The number of nitrogens with zero attached hydrogens (tertiary/aromatic N) is 2. The molecule has 3 rings (SSSR count). The third-order valence-corrected chi connectivity index (χ3v) is 5.42. The first-order chi connectivity index (χ1) is 12.9. The molecule has 3 amide bonds. The Morgan fingerprint density at radius 2 is 1.85 bits per heavy atom. The van der Waals surface area contributed by atoms with E-state index in [0.717, 1.165) is 0 Å². The number of piperidine rings is 1. The van der Waals surface area contributed by atoms with E-state index in [2.05, 4.69) is 5.32 Å². The Hall–Kier alpha value is -2.57. The van der Waals surface area contributed by atoms with Crippen LogP contribution in [0.15, 0.2) is 24.3 Å². The van der Waals surface area contributed by atoms with Crippen LogP contribution in [0.1, 0.15) is 43.5 Å². The SMILES string of the molecule is CC(C)N1CC(C(=O)NC2CCN(C(=O)c3ccccc3O)CC2)CC1=O. The second-order valence-corrected chi connectivity index (χ2v) is 7.63. The van der Waals surface area contributed by atoms with E-state index in [1.165, 1.54) is 6.07 Å². The number of carbonyl (C=O) groups excluding carboxylic acids is 3. The van der Waals surface area contributed by atoms with Crippen molar-refractivity contribution in [3.05, 3.63) is 29.8 Å². The van der Waals surface area contributed by atoms with Gasteiger partial charge in [0.25, 0.3) is 5.91 Å². The number of aromatic hydroxyl groups is 1. The summed E-state index contributed by atoms with van der Waals surface area (Å²) in [6, 6.07) is 6.64. The van der Waals surface area contributed by atoms with E-state index < -0.39 is 0 Å². The summed E-state index contributed by atoms with van der Waals surface area (Å²) < 4.78 is 0. The van der Waals surface area contributed by atoms with Crippen LogP contribution in [0.5, 0.6) is 5.75 Å². The Labute approximate surface area is 159 Å². The van der Waals surface area contributed by atoms with Gasteiger partial charge in [-0.25, -0.2) is 0 Å². The predicted molar refractivity (Wildman–Crippen MR) is 100 cm³/mol. The zero-order valence-corrected chi connectivity index (χ0v) is 15.9. The number of phenolic OH excluding ortho intramolecular Hbond substituents is 1. The van der Waals surface area contributed by atoms with Gasteiger partial charge in [0, 0.05) is 38.1 Å². The van der Waals surface area contributed by atoms with Gasteiger partial charge in [0.15, 0.2) is 0 Å². The maximum atomic E-state index is 12.5. The number of benzene rings is 1. The molecule has 1 atom stereocenters. The minimum absolute atomic E-state index is 0.00845. The lowest BCUT2D eigenvalue weighted by Crippen LogP contribution is -2.48. The van der Waals surface area contributed by atoms with Gasteiger partial charge < -0.3 is 20.2 Å². The number of para-hydroxylation sites is 1. The second kappa shape index (κ2) is 7.98. The molecule has 0 radical (unpaired) electrons. The third-order valence-electron chi connectivity index (χ3n) is 5.42. The Bertz CT molecular complexity index is 726. The van der Waals surface area contributed by atoms with Crippen molar-refractivity contribution < 1.29 is 19.5 Å². The zero-order valence-electron chi connectivity index (χ0n) is 15.9. The van der Waals surface area contributed by atoms with Gasteiger partial charge in [0.2, 0.25) is 11.8 Å². The fourth-order valence-corrected chi connectivity index (χ4v) is 3.78. The van der Waals surface area contributed by atoms with Gasteiger partial charge >= 0.3 is 0 Å². The first-order valence-electron chi connectivity index (χ1n) is 9.54. The molecule has 2 aliphatic heterocycles. The predicted octanol–water partition coefficient (Wildman–Crippen LogP) is 1.37. The minimum atomic E-state index is -0.291. The minimum Gasteiger partial charge on any atom is -0.507 e. The van der Waals surface area contributed by atoms with Crippen LogP contribution in [0.3, 0.4) is 0 Å². The number of nitrogens with one attached hydrogen (secondary N) is 1. The summed E-state index contributed by atoms with van der Waals surface area (Å²) in [5.74, 6) is -0.531. The molecule has 0 saturated carbocycles. The molecule has 146 valence electrons. The second-order valence-electron chi connectivity index (χ2n) is 7.63. The quantitative estimate of drug-likeness (QED) is 0.834. The molecule has 0 spiro atoms. The molecule has 0 bridgehead atoms. The third kappa shape index (κ3) is 4.23. The molecule has 2 saturated heterocycles. The van der Waals surface area contributed by atoms with Crippen LogP contribution in [0.4, 0.5) is 0 Å². The monoisotopic (exact) mass is 373 g/mol. The highest BCUT2D eigenvalue weighted by molar-refractivity contribution is 5.96. The molecule has 2 heterocycles. The lowest BCUT2D eigenvalue weighted by Gasteiger charge is -2.33. The first kappa shape index (κ1) is 19.2. The summed E-state index contributed by atoms with van der Waals surface area (Å²) in [6.45, 7) is 5.44. The van der Waals surface area contributed by atoms with Crippen molar-refractivity contribution in [2.45, 2.75) is 45.2 Å². The van der Waals surface area contributed by atoms with Crippen LogP contribution in [0, 0.1) is 5.92 Å². The van der Waals surface area contributed by atoms with Gasteiger partial charge in [-0.2, -0.15) is 0 Å². The molecule has 1 unspecified atom stereocenters. The highest BCUT2D eigenvalue weighted by Gasteiger charge is 2.36. The molecule has 0 aliphatic carbocycles. The van der Waals surface area contributed by atoms with Gasteiger partial charge in [0.05, 0.1) is 11.5 Å². The van der Waals surface area contributed by atoms with E-state index in [0.29, 0.717) is 38.0 Å². The highest BCUT2D eigenvalue weighted by atomic mass is 16.3. The molecule has 2 N–H and O–H groups in total. The summed E-state index contributed by atoms with van der Waals surface area (Å²) >= 11 is 0. The molecule has 0 aromatic heterocycles. The average molecular weight is 373 g/mol. The summed E-state index contributed by atoms with van der Waals surface area (Å²) in [4.78, 5) is 40.5. The molecule has 7 nitrogen and oxygen atoms in total. The Morgan fingerprint density at radius 1 is 1.19 bits per heavy atom. The maximum absolute atomic E-state index is 12.5. The fourth-order valence-electron chi connectivity index (χ4n) is 3.78. The van der Waals surface area contributed by atoms with Gasteiger partial charge in [-0.1, -0.05) is 12.1 Å². The van der Waals surface area contributed by atoms with Crippen LogP contribution >= 0.6 is 0 Å². The average Bonchev–Trinajstić information content (AvgIpc) is 3.04. The fraction of sp³-hybridized carbons (Fsp3) is 0.550. The van der Waals surface area contributed by atoms with E-state index >= 15 is 0 Å². The maximum Gasteiger partial charge on any atom is 0.257 e. The number of hydrogen-bond donors (Lipinski definition) is 2. The van der Waals surface area contributed by atoms with E-state index in [1.54, 1.807) is 28.0 Å². The summed E-state index contributed by atoms with van der Waals surface area (Å²) in [7, 11) is 0. The van der Waals surface area contributed by atoms with Crippen molar-refractivity contribution in [1.29, 1.82) is 0 Å². The summed E-state index contributed by atoms with van der Waals surface area (Å²) in [5, 5.41) is 12.9. The number of phenols is 1. The van der Waals surface area contributed by atoms with Crippen LogP contribution in [-0.4, -0.2) is 64.3 Å². The van der Waals surface area contributed by atoms with E-state index in [-0.39, 0.29) is 47.9 Å².